The Morgan fingerprint density at radius 3 is 2.47 bits per heavy atom. The van der Waals surface area contributed by atoms with E-state index in [9.17, 15) is 32.5 Å². The predicted octanol–water partition coefficient (Wildman–Crippen LogP) is 4.20. The Morgan fingerprint density at radius 1 is 1.06 bits per heavy atom. The third kappa shape index (κ3) is 3.38. The molecule has 184 valence electrons. The largest absolute Gasteiger partial charge is 0.304 e. The van der Waals surface area contributed by atoms with Crippen molar-refractivity contribution >= 4 is 61.9 Å². The monoisotopic (exact) mass is 549 g/mol. The molecule has 1 fully saturated rings. The van der Waals surface area contributed by atoms with Gasteiger partial charge in [-0.15, -0.1) is 0 Å². The van der Waals surface area contributed by atoms with Crippen LogP contribution in [0.25, 0.3) is 0 Å². The number of rotatable bonds is 4. The number of non-ortho nitro benzene ring substituents is 1. The number of nitro groups is 1. The van der Waals surface area contributed by atoms with Crippen molar-refractivity contribution in [1.82, 2.24) is 0 Å². The Labute approximate surface area is 213 Å². The highest BCUT2D eigenvalue weighted by molar-refractivity contribution is 7.94. The van der Waals surface area contributed by atoms with Crippen LogP contribution in [-0.4, -0.2) is 30.9 Å². The number of hydrogen-bond donors (Lipinski definition) is 0. The van der Waals surface area contributed by atoms with Crippen LogP contribution in [0, 0.1) is 15.9 Å². The zero-order valence-corrected chi connectivity index (χ0v) is 20.3. The Bertz CT molecular complexity index is 1600. The molecule has 9 nitrogen and oxygen atoms in total. The molecule has 0 aliphatic carbocycles. The van der Waals surface area contributed by atoms with Crippen molar-refractivity contribution in [2.75, 3.05) is 15.6 Å². The zero-order chi connectivity index (χ0) is 26.0. The second-order valence-electron chi connectivity index (χ2n) is 8.21. The van der Waals surface area contributed by atoms with E-state index in [4.69, 9.17) is 23.2 Å². The highest BCUT2D eigenvalue weighted by Gasteiger charge is 2.70. The van der Waals surface area contributed by atoms with E-state index < -0.39 is 53.7 Å². The number of sulfone groups is 1. The maximum atomic E-state index is 14.1. The van der Waals surface area contributed by atoms with Gasteiger partial charge in [0.15, 0.2) is 9.84 Å². The van der Waals surface area contributed by atoms with Crippen LogP contribution in [0.15, 0.2) is 60.7 Å². The van der Waals surface area contributed by atoms with Crippen LogP contribution in [-0.2, 0) is 30.8 Å². The molecule has 1 spiro atoms. The fourth-order valence-electron chi connectivity index (χ4n) is 4.64. The van der Waals surface area contributed by atoms with Crippen molar-refractivity contribution in [3.05, 3.63) is 97.8 Å². The molecule has 0 bridgehead atoms. The van der Waals surface area contributed by atoms with Gasteiger partial charge in [-0.3, -0.25) is 24.6 Å². The molecular weight excluding hydrogens is 536 g/mol. The smallest absolute Gasteiger partial charge is 0.274 e. The zero-order valence-electron chi connectivity index (χ0n) is 18.0. The van der Waals surface area contributed by atoms with Gasteiger partial charge in [0.1, 0.15) is 11.6 Å². The van der Waals surface area contributed by atoms with Crippen molar-refractivity contribution in [2.24, 2.45) is 0 Å². The highest BCUT2D eigenvalue weighted by atomic mass is 35.5. The lowest BCUT2D eigenvalue weighted by molar-refractivity contribution is -0.384. The van der Waals surface area contributed by atoms with Gasteiger partial charge in [0.05, 0.1) is 22.2 Å². The third-order valence-corrected chi connectivity index (χ3v) is 8.73. The minimum atomic E-state index is -4.59. The first-order valence-corrected chi connectivity index (χ1v) is 12.7. The van der Waals surface area contributed by atoms with E-state index >= 15 is 0 Å². The van der Waals surface area contributed by atoms with Gasteiger partial charge in [0.25, 0.3) is 16.5 Å². The minimum Gasteiger partial charge on any atom is -0.304 e. The summed E-state index contributed by atoms with van der Waals surface area (Å²) < 4.78 is 41.1. The van der Waals surface area contributed by atoms with E-state index in [1.807, 2.05) is 0 Å². The number of carbonyl (C=O) groups is 2. The molecule has 1 atom stereocenters. The number of hydrogen-bond acceptors (Lipinski definition) is 6. The highest BCUT2D eigenvalue weighted by Crippen LogP contribution is 2.54. The summed E-state index contributed by atoms with van der Waals surface area (Å²) >= 11 is 12.0. The van der Waals surface area contributed by atoms with Crippen LogP contribution in [0.5, 0.6) is 0 Å². The van der Waals surface area contributed by atoms with Gasteiger partial charge < -0.3 is 4.90 Å². The summed E-state index contributed by atoms with van der Waals surface area (Å²) in [4.78, 5) is 37.3. The van der Waals surface area contributed by atoms with Crippen molar-refractivity contribution in [3.8, 4) is 0 Å². The van der Waals surface area contributed by atoms with Crippen molar-refractivity contribution in [3.63, 3.8) is 0 Å². The summed E-state index contributed by atoms with van der Waals surface area (Å²) in [6.07, 6.45) is 0. The lowest BCUT2D eigenvalue weighted by atomic mass is 10.0. The first-order chi connectivity index (χ1) is 17.0. The van der Waals surface area contributed by atoms with Gasteiger partial charge in [-0.1, -0.05) is 35.3 Å². The first-order valence-electron chi connectivity index (χ1n) is 10.3. The van der Waals surface area contributed by atoms with Crippen LogP contribution in [0.2, 0.25) is 10.0 Å². The van der Waals surface area contributed by atoms with Crippen LogP contribution >= 0.6 is 23.2 Å². The number of nitrogens with zero attached hydrogens (tertiary/aromatic N) is 3. The number of halogens is 3. The Hall–Kier alpha value is -3.54. The maximum Gasteiger partial charge on any atom is 0.274 e. The van der Waals surface area contributed by atoms with E-state index in [0.717, 1.165) is 40.1 Å². The number of nitro benzene ring substituents is 1. The second kappa shape index (κ2) is 8.26. The second-order valence-corrected chi connectivity index (χ2v) is 11.2. The van der Waals surface area contributed by atoms with Gasteiger partial charge in [-0.25, -0.2) is 12.8 Å². The Morgan fingerprint density at radius 2 is 1.81 bits per heavy atom. The Balaban J connectivity index is 1.80. The predicted molar refractivity (Wildman–Crippen MR) is 130 cm³/mol. The molecule has 13 heteroatoms. The molecule has 0 N–H and O–H groups in total. The molecule has 36 heavy (non-hydrogen) atoms. The summed E-state index contributed by atoms with van der Waals surface area (Å²) in [5.41, 5.74) is -0.257. The summed E-state index contributed by atoms with van der Waals surface area (Å²) in [5, 5.41) is 11.5. The molecular formula is C23H14Cl2FN3O6S. The number of benzene rings is 3. The topological polar surface area (TPSA) is 118 Å². The van der Waals surface area contributed by atoms with Gasteiger partial charge in [0.2, 0.25) is 5.91 Å². The molecule has 0 radical (unpaired) electrons. The molecule has 2 aliphatic rings. The van der Waals surface area contributed by atoms with Gasteiger partial charge in [-0.2, -0.15) is 0 Å². The fraction of sp³-hybridized carbons (Fsp3) is 0.130. The maximum absolute atomic E-state index is 14.1. The van der Waals surface area contributed by atoms with Gasteiger partial charge in [-0.05, 0) is 42.0 Å². The van der Waals surface area contributed by atoms with Crippen molar-refractivity contribution < 1.29 is 27.3 Å². The first kappa shape index (κ1) is 24.2. The van der Waals surface area contributed by atoms with Crippen LogP contribution in [0.3, 0.4) is 0 Å². The van der Waals surface area contributed by atoms with E-state index in [-0.39, 0.29) is 23.5 Å². The number of anilines is 2. The molecule has 0 saturated carbocycles. The number of carbonyl (C=O) groups excluding carboxylic acids is 2. The standard InChI is InChI=1S/C23H14Cl2FN3O6S/c24-14-3-1-2-13(8-14)11-27-20-7-5-16(29(32)33)9-17(20)23(22(27)31)28(21(30)12-36(23,34)35)15-4-6-19(26)18(25)10-15/h1-10H,11-12H2/t23-/m0/s1. The lowest BCUT2D eigenvalue weighted by Gasteiger charge is -2.32. The minimum absolute atomic E-state index is 0.0714. The number of fused-ring (bicyclic) bond motifs is 2. The molecule has 3 aromatic carbocycles. The molecule has 2 amide bonds. The lowest BCUT2D eigenvalue weighted by Crippen LogP contribution is -2.54. The Kier molecular flexibility index (Phi) is 5.54. The molecule has 5 rings (SSSR count). The van der Waals surface area contributed by atoms with Gasteiger partial charge in [0, 0.05) is 28.4 Å². The molecule has 1 saturated heterocycles. The third-order valence-electron chi connectivity index (χ3n) is 6.10. The summed E-state index contributed by atoms with van der Waals surface area (Å²) in [7, 11) is -4.59. The summed E-state index contributed by atoms with van der Waals surface area (Å²) in [6.45, 7) is -0.131. The van der Waals surface area contributed by atoms with Crippen molar-refractivity contribution in [1.29, 1.82) is 0 Å². The average molecular weight is 550 g/mol. The van der Waals surface area contributed by atoms with Crippen LogP contribution in [0.1, 0.15) is 11.1 Å². The SMILES string of the molecule is O=C1CS(=O)(=O)[C@@]2(C(=O)N(Cc3cccc(Cl)c3)c3ccc([N+](=O)[O-])cc32)N1c1ccc(F)c(Cl)c1. The van der Waals surface area contributed by atoms with Crippen LogP contribution in [0.4, 0.5) is 21.5 Å². The van der Waals surface area contributed by atoms with Crippen molar-refractivity contribution in [2.45, 2.75) is 11.4 Å². The molecule has 0 unspecified atom stereocenters. The molecule has 3 aromatic rings. The normalized spacial score (nSPS) is 20.3. The van der Waals surface area contributed by atoms with Crippen LogP contribution < -0.4 is 9.80 Å². The average Bonchev–Trinajstić information content (AvgIpc) is 3.18. The summed E-state index contributed by atoms with van der Waals surface area (Å²) in [6, 6.07) is 13.0. The number of amides is 2. The summed E-state index contributed by atoms with van der Waals surface area (Å²) in [5.74, 6) is -3.83. The van der Waals surface area contributed by atoms with E-state index in [2.05, 4.69) is 0 Å². The van der Waals surface area contributed by atoms with E-state index in [1.54, 1.807) is 24.3 Å². The van der Waals surface area contributed by atoms with Gasteiger partial charge >= 0.3 is 0 Å². The molecule has 2 aliphatic heterocycles. The molecule has 0 aromatic heterocycles. The molecule has 2 heterocycles. The quantitative estimate of drug-likeness (QED) is 0.355. The van der Waals surface area contributed by atoms with E-state index in [1.165, 1.54) is 6.07 Å². The van der Waals surface area contributed by atoms with E-state index in [0.29, 0.717) is 10.6 Å². The fourth-order valence-corrected chi connectivity index (χ4v) is 7.05.